The number of nitrogens with one attached hydrogen (secondary N) is 1. The normalized spacial score (nSPS) is 28.0. The highest BCUT2D eigenvalue weighted by atomic mass is 15.3. The molecule has 21 heavy (non-hydrogen) atoms. The van der Waals surface area contributed by atoms with Crippen molar-refractivity contribution in [3.05, 3.63) is 0 Å². The molecule has 2 atom stereocenters. The molecule has 0 aromatic rings. The second-order valence-corrected chi connectivity index (χ2v) is 7.46. The number of hydrogen-bond acceptors (Lipinski definition) is 3. The lowest BCUT2D eigenvalue weighted by molar-refractivity contribution is 0.124. The first-order chi connectivity index (χ1) is 10.1. The fourth-order valence-corrected chi connectivity index (χ4v) is 4.31. The van der Waals surface area contributed by atoms with Crippen molar-refractivity contribution in [2.75, 3.05) is 39.8 Å². The first-order valence-corrected chi connectivity index (χ1v) is 9.29. The molecule has 1 N–H and O–H groups in total. The van der Waals surface area contributed by atoms with Gasteiger partial charge in [-0.1, -0.05) is 20.8 Å². The Morgan fingerprint density at radius 1 is 1.05 bits per heavy atom. The van der Waals surface area contributed by atoms with Gasteiger partial charge in [0.05, 0.1) is 0 Å². The van der Waals surface area contributed by atoms with Gasteiger partial charge in [0.1, 0.15) is 0 Å². The molecule has 3 nitrogen and oxygen atoms in total. The van der Waals surface area contributed by atoms with Crippen LogP contribution in [0.3, 0.4) is 0 Å². The smallest absolute Gasteiger partial charge is 0.0223 e. The topological polar surface area (TPSA) is 18.5 Å². The van der Waals surface area contributed by atoms with E-state index < -0.39 is 0 Å². The van der Waals surface area contributed by atoms with E-state index in [-0.39, 0.29) is 0 Å². The van der Waals surface area contributed by atoms with Crippen LogP contribution in [0.15, 0.2) is 0 Å². The zero-order valence-electron chi connectivity index (χ0n) is 14.8. The monoisotopic (exact) mass is 295 g/mol. The van der Waals surface area contributed by atoms with Crippen LogP contribution in [0.5, 0.6) is 0 Å². The molecule has 0 amide bonds. The summed E-state index contributed by atoms with van der Waals surface area (Å²) in [5, 5.41) is 3.69. The maximum absolute atomic E-state index is 3.69. The quantitative estimate of drug-likeness (QED) is 0.695. The molecule has 2 fully saturated rings. The standard InChI is InChI=1S/C18H37N3/c1-5-11-19-14-18(6-2,7-3)15-21-12-10-16-8-9-17(13-21)20(16)4/h16-17,19H,5-15H2,1-4H3. The second-order valence-electron chi connectivity index (χ2n) is 7.46. The van der Waals surface area contributed by atoms with Crippen LogP contribution in [0.25, 0.3) is 0 Å². The minimum absolute atomic E-state index is 0.470. The molecule has 2 unspecified atom stereocenters. The lowest BCUT2D eigenvalue weighted by Crippen LogP contribution is -2.46. The molecule has 2 rings (SSSR count). The molecule has 2 heterocycles. The zero-order valence-corrected chi connectivity index (χ0v) is 14.8. The van der Waals surface area contributed by atoms with Gasteiger partial charge in [-0.15, -0.1) is 0 Å². The van der Waals surface area contributed by atoms with Gasteiger partial charge in [-0.3, -0.25) is 4.90 Å². The van der Waals surface area contributed by atoms with Crippen molar-refractivity contribution in [3.8, 4) is 0 Å². The van der Waals surface area contributed by atoms with Crippen molar-refractivity contribution in [3.63, 3.8) is 0 Å². The lowest BCUT2D eigenvalue weighted by atomic mass is 9.81. The summed E-state index contributed by atoms with van der Waals surface area (Å²) < 4.78 is 0. The number of likely N-dealkylation sites (tertiary alicyclic amines) is 1. The Balaban J connectivity index is 1.93. The molecule has 0 saturated carbocycles. The maximum atomic E-state index is 3.69. The molecule has 2 aliphatic rings. The molecule has 2 aliphatic heterocycles. The number of nitrogens with zero attached hydrogens (tertiary/aromatic N) is 2. The predicted octanol–water partition coefficient (Wildman–Crippen LogP) is 2.96. The van der Waals surface area contributed by atoms with Crippen LogP contribution in [0.4, 0.5) is 0 Å². The Morgan fingerprint density at radius 3 is 2.43 bits per heavy atom. The van der Waals surface area contributed by atoms with Crippen molar-refractivity contribution >= 4 is 0 Å². The summed E-state index contributed by atoms with van der Waals surface area (Å²) in [5.74, 6) is 0. The highest BCUT2D eigenvalue weighted by Gasteiger charge is 2.37. The van der Waals surface area contributed by atoms with Gasteiger partial charge in [-0.2, -0.15) is 0 Å². The molecule has 124 valence electrons. The van der Waals surface area contributed by atoms with Crippen LogP contribution in [0, 0.1) is 5.41 Å². The maximum Gasteiger partial charge on any atom is 0.0223 e. The van der Waals surface area contributed by atoms with Gasteiger partial charge in [0.15, 0.2) is 0 Å². The Labute approximate surface area is 132 Å². The fourth-order valence-electron chi connectivity index (χ4n) is 4.31. The Morgan fingerprint density at radius 2 is 1.76 bits per heavy atom. The molecule has 0 aromatic carbocycles. The molecular weight excluding hydrogens is 258 g/mol. The number of fused-ring (bicyclic) bond motifs is 2. The Kier molecular flexibility index (Phi) is 6.51. The first kappa shape index (κ1) is 17.2. The molecular formula is C18H37N3. The van der Waals surface area contributed by atoms with E-state index >= 15 is 0 Å². The van der Waals surface area contributed by atoms with Gasteiger partial charge in [0, 0.05) is 31.7 Å². The van der Waals surface area contributed by atoms with E-state index in [4.69, 9.17) is 0 Å². The minimum Gasteiger partial charge on any atom is -0.316 e. The van der Waals surface area contributed by atoms with E-state index in [1.54, 1.807) is 0 Å². The summed E-state index contributed by atoms with van der Waals surface area (Å²) in [7, 11) is 2.35. The molecule has 3 heteroatoms. The molecule has 0 aromatic heterocycles. The lowest BCUT2D eigenvalue weighted by Gasteiger charge is -2.38. The fraction of sp³-hybridized carbons (Fsp3) is 1.00. The summed E-state index contributed by atoms with van der Waals surface area (Å²) in [6, 6.07) is 1.67. The average molecular weight is 296 g/mol. The van der Waals surface area contributed by atoms with E-state index in [0.29, 0.717) is 5.41 Å². The summed E-state index contributed by atoms with van der Waals surface area (Å²) in [6.07, 6.45) is 8.04. The predicted molar refractivity (Wildman–Crippen MR) is 91.8 cm³/mol. The van der Waals surface area contributed by atoms with E-state index in [9.17, 15) is 0 Å². The van der Waals surface area contributed by atoms with Crippen LogP contribution in [0.2, 0.25) is 0 Å². The summed E-state index contributed by atoms with van der Waals surface area (Å²) in [5.41, 5.74) is 0.470. The van der Waals surface area contributed by atoms with Crippen molar-refractivity contribution in [2.24, 2.45) is 5.41 Å². The molecule has 0 radical (unpaired) electrons. The van der Waals surface area contributed by atoms with Crippen LogP contribution in [0.1, 0.15) is 59.3 Å². The Hall–Kier alpha value is -0.120. The van der Waals surface area contributed by atoms with Gasteiger partial charge >= 0.3 is 0 Å². The summed E-state index contributed by atoms with van der Waals surface area (Å²) in [6.45, 7) is 13.3. The molecule has 2 bridgehead atoms. The largest absolute Gasteiger partial charge is 0.316 e. The second kappa shape index (κ2) is 7.94. The van der Waals surface area contributed by atoms with Crippen molar-refractivity contribution < 1.29 is 0 Å². The Bertz CT molecular complexity index is 301. The number of rotatable bonds is 8. The zero-order chi connectivity index (χ0) is 15.3. The van der Waals surface area contributed by atoms with Gasteiger partial charge in [0.2, 0.25) is 0 Å². The van der Waals surface area contributed by atoms with E-state index in [0.717, 1.165) is 18.6 Å². The van der Waals surface area contributed by atoms with Crippen LogP contribution < -0.4 is 5.32 Å². The van der Waals surface area contributed by atoms with Crippen molar-refractivity contribution in [1.29, 1.82) is 0 Å². The van der Waals surface area contributed by atoms with Crippen molar-refractivity contribution in [1.82, 2.24) is 15.1 Å². The van der Waals surface area contributed by atoms with E-state index in [1.807, 2.05) is 0 Å². The number of hydrogen-bond donors (Lipinski definition) is 1. The van der Waals surface area contributed by atoms with Crippen LogP contribution in [-0.2, 0) is 0 Å². The summed E-state index contributed by atoms with van der Waals surface area (Å²) in [4.78, 5) is 5.44. The number of likely N-dealkylation sites (N-methyl/N-ethyl adjacent to an activating group) is 1. The van der Waals surface area contributed by atoms with Crippen LogP contribution >= 0.6 is 0 Å². The van der Waals surface area contributed by atoms with Gasteiger partial charge in [-0.25, -0.2) is 0 Å². The van der Waals surface area contributed by atoms with E-state index in [1.165, 1.54) is 64.7 Å². The third-order valence-electron chi connectivity index (χ3n) is 6.22. The first-order valence-electron chi connectivity index (χ1n) is 9.29. The summed E-state index contributed by atoms with van der Waals surface area (Å²) >= 11 is 0. The highest BCUT2D eigenvalue weighted by molar-refractivity contribution is 4.93. The van der Waals surface area contributed by atoms with E-state index in [2.05, 4.69) is 42.9 Å². The minimum atomic E-state index is 0.470. The molecule has 2 saturated heterocycles. The molecule has 0 spiro atoms. The van der Waals surface area contributed by atoms with Crippen molar-refractivity contribution in [2.45, 2.75) is 71.4 Å². The average Bonchev–Trinajstić information content (AvgIpc) is 2.74. The van der Waals surface area contributed by atoms with Gasteiger partial charge < -0.3 is 10.2 Å². The SMILES string of the molecule is CCCNCC(CC)(CC)CN1CCC2CCC(C1)N2C. The van der Waals surface area contributed by atoms with Gasteiger partial charge in [-0.05, 0) is 64.1 Å². The third-order valence-corrected chi connectivity index (χ3v) is 6.22. The highest BCUT2D eigenvalue weighted by Crippen LogP contribution is 2.32. The molecule has 0 aliphatic carbocycles. The van der Waals surface area contributed by atoms with Crippen LogP contribution in [-0.4, -0.2) is 61.7 Å². The third kappa shape index (κ3) is 4.20. The van der Waals surface area contributed by atoms with Gasteiger partial charge in [0.25, 0.3) is 0 Å².